The first kappa shape index (κ1) is 28.7. The van der Waals surface area contributed by atoms with Crippen LogP contribution in [0.15, 0.2) is 23.9 Å². The molecule has 36 heavy (non-hydrogen) atoms. The quantitative estimate of drug-likeness (QED) is 0.154. The summed E-state index contributed by atoms with van der Waals surface area (Å²) in [5, 5.41) is 0. The fraction of sp³-hybridized carbons (Fsp3) is 0.538. The molecule has 3 amide bonds. The van der Waals surface area contributed by atoms with E-state index in [1.54, 1.807) is 24.3 Å². The van der Waals surface area contributed by atoms with Gasteiger partial charge in [-0.1, -0.05) is 32.8 Å². The van der Waals surface area contributed by atoms with Crippen molar-refractivity contribution in [3.05, 3.63) is 29.5 Å². The summed E-state index contributed by atoms with van der Waals surface area (Å²) >= 11 is 0. The van der Waals surface area contributed by atoms with E-state index in [0.29, 0.717) is 30.3 Å². The van der Waals surface area contributed by atoms with Gasteiger partial charge < -0.3 is 18.9 Å². The summed E-state index contributed by atoms with van der Waals surface area (Å²) in [6.45, 7) is 4.42. The molecule has 0 atom stereocenters. The Balaban J connectivity index is 2.23. The lowest BCUT2D eigenvalue weighted by Gasteiger charge is -2.17. The number of imide groups is 1. The number of hydrogen-bond donors (Lipinski definition) is 0. The maximum atomic E-state index is 13.2. The summed E-state index contributed by atoms with van der Waals surface area (Å²) in [4.78, 5) is 52.7. The average Bonchev–Trinajstić information content (AvgIpc) is 3.09. The van der Waals surface area contributed by atoms with Crippen molar-refractivity contribution >= 4 is 30.0 Å². The van der Waals surface area contributed by atoms with Crippen LogP contribution in [0, 0.1) is 0 Å². The summed E-state index contributed by atoms with van der Waals surface area (Å²) in [6, 6.07) is 4.48. The van der Waals surface area contributed by atoms with E-state index in [2.05, 4.69) is 0 Å². The van der Waals surface area contributed by atoms with Gasteiger partial charge in [-0.25, -0.2) is 4.79 Å². The van der Waals surface area contributed by atoms with Gasteiger partial charge >= 0.3 is 18.0 Å². The normalized spacial score (nSPS) is 14.4. The minimum absolute atomic E-state index is 0.0356. The zero-order chi connectivity index (χ0) is 26.5. The van der Waals surface area contributed by atoms with Crippen molar-refractivity contribution in [2.75, 3.05) is 40.5 Å². The smallest absolute Gasteiger partial charge is 0.331 e. The van der Waals surface area contributed by atoms with Crippen LogP contribution in [0.3, 0.4) is 0 Å². The van der Waals surface area contributed by atoms with Crippen LogP contribution in [0.25, 0.3) is 6.08 Å². The second-order valence-corrected chi connectivity index (χ2v) is 8.18. The van der Waals surface area contributed by atoms with E-state index >= 15 is 0 Å². The molecule has 1 fully saturated rings. The lowest BCUT2D eigenvalue weighted by molar-refractivity contribution is -0.145. The highest BCUT2D eigenvalue weighted by molar-refractivity contribution is 6.14. The first-order chi connectivity index (χ1) is 17.4. The van der Waals surface area contributed by atoms with Crippen LogP contribution in [-0.4, -0.2) is 74.2 Å². The van der Waals surface area contributed by atoms with Crippen molar-refractivity contribution < 1.29 is 38.1 Å². The first-order valence-corrected chi connectivity index (χ1v) is 12.2. The molecule has 0 bridgehead atoms. The molecule has 1 aliphatic rings. The van der Waals surface area contributed by atoms with Gasteiger partial charge in [0.25, 0.3) is 5.91 Å². The van der Waals surface area contributed by atoms with Crippen LogP contribution in [0.4, 0.5) is 4.79 Å². The third-order valence-electron chi connectivity index (χ3n) is 5.53. The minimum atomic E-state index is -0.602. The third-order valence-corrected chi connectivity index (χ3v) is 5.53. The maximum absolute atomic E-state index is 13.2. The lowest BCUT2D eigenvalue weighted by atomic mass is 10.1. The van der Waals surface area contributed by atoms with Crippen LogP contribution in [0.2, 0.25) is 0 Å². The zero-order valence-corrected chi connectivity index (χ0v) is 21.5. The number of carbonyl (C=O) groups is 4. The molecule has 0 saturated carbocycles. The Morgan fingerprint density at radius 3 is 1.92 bits per heavy atom. The van der Waals surface area contributed by atoms with Crippen molar-refractivity contribution in [1.82, 2.24) is 9.80 Å². The Morgan fingerprint density at radius 1 is 0.833 bits per heavy atom. The Bertz CT molecular complexity index is 959. The maximum Gasteiger partial charge on any atom is 0.331 e. The summed E-state index contributed by atoms with van der Waals surface area (Å²) in [5.74, 6) is -0.514. The van der Waals surface area contributed by atoms with Gasteiger partial charge in [-0.3, -0.25) is 24.2 Å². The predicted molar refractivity (Wildman–Crippen MR) is 132 cm³/mol. The Kier molecular flexibility index (Phi) is 11.7. The molecule has 0 N–H and O–H groups in total. The van der Waals surface area contributed by atoms with Crippen molar-refractivity contribution in [2.24, 2.45) is 0 Å². The fourth-order valence-electron chi connectivity index (χ4n) is 3.45. The van der Waals surface area contributed by atoms with E-state index in [4.69, 9.17) is 18.9 Å². The molecule has 0 spiro atoms. The summed E-state index contributed by atoms with van der Waals surface area (Å²) in [7, 11) is 3.01. The number of unbranched alkanes of at least 4 members (excludes halogenated alkanes) is 2. The van der Waals surface area contributed by atoms with Gasteiger partial charge in [-0.15, -0.1) is 0 Å². The van der Waals surface area contributed by atoms with E-state index < -0.39 is 23.9 Å². The van der Waals surface area contributed by atoms with E-state index in [1.165, 1.54) is 19.1 Å². The molecule has 0 unspecified atom stereocenters. The number of benzene rings is 1. The molecule has 198 valence electrons. The Labute approximate surface area is 212 Å². The van der Waals surface area contributed by atoms with E-state index in [-0.39, 0.29) is 31.6 Å². The molecule has 10 nitrogen and oxygen atoms in total. The molecule has 0 aliphatic carbocycles. The fourth-order valence-corrected chi connectivity index (χ4v) is 3.45. The standard InChI is InChI=1S/C26H36N2O8/c1-5-7-15-35-23(29)11-13-27-20(17-19-9-10-21(33-3)22(18-19)34-4)25(31)28(26(27)32)14-12-24(30)36-16-8-6-2/h9-10,17-18H,5-8,11-16H2,1-4H3. The number of carbonyl (C=O) groups excluding carboxylic acids is 4. The molecule has 0 aromatic heterocycles. The summed E-state index contributed by atoms with van der Waals surface area (Å²) in [6.07, 6.45) is 4.63. The molecule has 2 rings (SSSR count). The first-order valence-electron chi connectivity index (χ1n) is 12.2. The second kappa shape index (κ2) is 14.8. The van der Waals surface area contributed by atoms with Crippen LogP contribution in [0.5, 0.6) is 11.5 Å². The van der Waals surface area contributed by atoms with Gasteiger partial charge in [0.2, 0.25) is 0 Å². The second-order valence-electron chi connectivity index (χ2n) is 8.18. The number of amides is 3. The monoisotopic (exact) mass is 504 g/mol. The number of methoxy groups -OCH3 is 2. The molecular formula is C26H36N2O8. The highest BCUT2D eigenvalue weighted by Gasteiger charge is 2.41. The Morgan fingerprint density at radius 2 is 1.39 bits per heavy atom. The predicted octanol–water partition coefficient (Wildman–Crippen LogP) is 3.78. The number of hydrogen-bond acceptors (Lipinski definition) is 8. The Hall–Kier alpha value is -3.56. The molecule has 1 heterocycles. The number of ether oxygens (including phenoxy) is 4. The van der Waals surface area contributed by atoms with Crippen LogP contribution in [-0.2, 0) is 23.9 Å². The van der Waals surface area contributed by atoms with Crippen molar-refractivity contribution in [2.45, 2.75) is 52.4 Å². The molecule has 1 saturated heterocycles. The number of nitrogens with zero attached hydrogens (tertiary/aromatic N) is 2. The van der Waals surface area contributed by atoms with Gasteiger partial charge in [0, 0.05) is 13.1 Å². The van der Waals surface area contributed by atoms with E-state index in [1.807, 2.05) is 13.8 Å². The van der Waals surface area contributed by atoms with Crippen LogP contribution < -0.4 is 9.47 Å². The van der Waals surface area contributed by atoms with Gasteiger partial charge in [0.1, 0.15) is 5.70 Å². The number of esters is 2. The number of urea groups is 1. The van der Waals surface area contributed by atoms with E-state index in [0.717, 1.165) is 30.6 Å². The molecule has 1 aromatic carbocycles. The third kappa shape index (κ3) is 8.00. The molecule has 1 aromatic rings. The van der Waals surface area contributed by atoms with Gasteiger partial charge in [-0.05, 0) is 36.6 Å². The van der Waals surface area contributed by atoms with Crippen molar-refractivity contribution in [3.63, 3.8) is 0 Å². The van der Waals surface area contributed by atoms with Crippen molar-refractivity contribution in [1.29, 1.82) is 0 Å². The van der Waals surface area contributed by atoms with Gasteiger partial charge in [0.05, 0.1) is 40.3 Å². The molecule has 1 aliphatic heterocycles. The largest absolute Gasteiger partial charge is 0.493 e. The summed E-state index contributed by atoms with van der Waals surface area (Å²) in [5.41, 5.74) is 0.688. The topological polar surface area (TPSA) is 112 Å². The highest BCUT2D eigenvalue weighted by atomic mass is 16.5. The van der Waals surface area contributed by atoms with Crippen LogP contribution in [0.1, 0.15) is 57.9 Å². The minimum Gasteiger partial charge on any atom is -0.493 e. The highest BCUT2D eigenvalue weighted by Crippen LogP contribution is 2.30. The molecule has 10 heteroatoms. The summed E-state index contributed by atoms with van der Waals surface area (Å²) < 4.78 is 20.9. The number of rotatable bonds is 15. The average molecular weight is 505 g/mol. The van der Waals surface area contributed by atoms with Gasteiger partial charge in [0.15, 0.2) is 11.5 Å². The molecule has 0 radical (unpaired) electrons. The lowest BCUT2D eigenvalue weighted by Crippen LogP contribution is -2.35. The van der Waals surface area contributed by atoms with E-state index in [9.17, 15) is 19.2 Å². The SMILES string of the molecule is CCCCOC(=O)CCN1C(=O)C(=Cc2ccc(OC)c(OC)c2)N(CCC(=O)OCCCC)C1=O. The molecular weight excluding hydrogens is 468 g/mol. The van der Waals surface area contributed by atoms with Crippen LogP contribution >= 0.6 is 0 Å². The zero-order valence-electron chi connectivity index (χ0n) is 21.5. The van der Waals surface area contributed by atoms with Crippen molar-refractivity contribution in [3.8, 4) is 11.5 Å². The van der Waals surface area contributed by atoms with Gasteiger partial charge in [-0.2, -0.15) is 0 Å².